The lowest BCUT2D eigenvalue weighted by Crippen LogP contribution is -2.44. The molecule has 1 fully saturated rings. The number of amides is 1. The van der Waals surface area contributed by atoms with Gasteiger partial charge in [0.15, 0.2) is 11.9 Å². The second-order valence-corrected chi connectivity index (χ2v) is 6.38. The molecule has 8 nitrogen and oxygen atoms in total. The molecule has 9 heteroatoms. The minimum atomic E-state index is -1.33. The molecule has 0 radical (unpaired) electrons. The Morgan fingerprint density at radius 1 is 1.48 bits per heavy atom. The number of aliphatic hydroxyl groups is 1. The highest BCUT2D eigenvalue weighted by molar-refractivity contribution is 7.08. The number of aliphatic hydroxyl groups excluding tert-OH is 1. The third-order valence-electron chi connectivity index (χ3n) is 3.48. The van der Waals surface area contributed by atoms with Gasteiger partial charge in [0.1, 0.15) is 6.10 Å². The molecular weight excluding hydrogens is 324 g/mol. The molecule has 1 aliphatic rings. The minimum absolute atomic E-state index is 0.155. The molecule has 3 atom stereocenters. The van der Waals surface area contributed by atoms with E-state index < -0.39 is 29.9 Å². The zero-order chi connectivity index (χ0) is 17.2. The highest BCUT2D eigenvalue weighted by atomic mass is 32.1. The van der Waals surface area contributed by atoms with Gasteiger partial charge in [-0.05, 0) is 20.8 Å². The van der Waals surface area contributed by atoms with E-state index >= 15 is 0 Å². The van der Waals surface area contributed by atoms with Crippen molar-refractivity contribution in [1.82, 2.24) is 9.69 Å². The molecule has 1 saturated heterocycles. The van der Waals surface area contributed by atoms with Gasteiger partial charge in [0.25, 0.3) is 5.91 Å². The zero-order valence-corrected chi connectivity index (χ0v) is 14.6. The third kappa shape index (κ3) is 3.92. The van der Waals surface area contributed by atoms with Gasteiger partial charge in [-0.15, -0.1) is 0 Å². The molecule has 2 rings (SSSR count). The Morgan fingerprint density at radius 2 is 2.17 bits per heavy atom. The predicted molar refractivity (Wildman–Crippen MR) is 82.7 cm³/mol. The zero-order valence-electron chi connectivity index (χ0n) is 13.8. The van der Waals surface area contributed by atoms with E-state index in [1.165, 1.54) is 14.2 Å². The van der Waals surface area contributed by atoms with Gasteiger partial charge in [-0.1, -0.05) is 0 Å². The monoisotopic (exact) mass is 346 g/mol. The van der Waals surface area contributed by atoms with Crippen molar-refractivity contribution in [3.05, 3.63) is 5.56 Å². The summed E-state index contributed by atoms with van der Waals surface area (Å²) in [6.45, 7) is 5.37. The molecule has 1 aromatic heterocycles. The number of aromatic nitrogens is 1. The van der Waals surface area contributed by atoms with Gasteiger partial charge in [-0.2, -0.15) is 4.37 Å². The largest absolute Gasteiger partial charge is 0.486 e. The lowest BCUT2D eigenvalue weighted by atomic mass is 10.1. The van der Waals surface area contributed by atoms with Gasteiger partial charge in [-0.25, -0.2) is 0 Å². The van der Waals surface area contributed by atoms with E-state index in [4.69, 9.17) is 18.9 Å². The van der Waals surface area contributed by atoms with Crippen LogP contribution in [0.5, 0.6) is 10.9 Å². The maximum atomic E-state index is 12.3. The Hall–Kier alpha value is -1.42. The van der Waals surface area contributed by atoms with E-state index in [1.807, 2.05) is 0 Å². The fourth-order valence-electron chi connectivity index (χ4n) is 2.34. The van der Waals surface area contributed by atoms with Gasteiger partial charge >= 0.3 is 0 Å². The van der Waals surface area contributed by atoms with Crippen molar-refractivity contribution in [1.29, 1.82) is 0 Å². The minimum Gasteiger partial charge on any atom is -0.486 e. The van der Waals surface area contributed by atoms with E-state index in [-0.39, 0.29) is 6.61 Å². The second kappa shape index (κ2) is 7.00. The molecule has 1 aromatic rings. The number of hydrogen-bond donors (Lipinski definition) is 2. The summed E-state index contributed by atoms with van der Waals surface area (Å²) < 4.78 is 25.4. The van der Waals surface area contributed by atoms with Crippen molar-refractivity contribution in [3.8, 4) is 10.9 Å². The van der Waals surface area contributed by atoms with Gasteiger partial charge in [0.05, 0.1) is 32.4 Å². The highest BCUT2D eigenvalue weighted by Crippen LogP contribution is 2.37. The van der Waals surface area contributed by atoms with Crippen LogP contribution in [0, 0.1) is 0 Å². The van der Waals surface area contributed by atoms with E-state index in [9.17, 15) is 9.90 Å². The summed E-state index contributed by atoms with van der Waals surface area (Å²) in [5, 5.41) is 13.4. The first kappa shape index (κ1) is 17.9. The Labute approximate surface area is 138 Å². The molecule has 1 amide bonds. The topological polar surface area (TPSA) is 99.1 Å². The van der Waals surface area contributed by atoms with Crippen molar-refractivity contribution in [2.45, 2.75) is 44.8 Å². The van der Waals surface area contributed by atoms with Crippen molar-refractivity contribution in [2.24, 2.45) is 0 Å². The van der Waals surface area contributed by atoms with Gasteiger partial charge < -0.3 is 29.4 Å². The van der Waals surface area contributed by atoms with Gasteiger partial charge in [0.2, 0.25) is 10.9 Å². The van der Waals surface area contributed by atoms with Crippen LogP contribution in [0.25, 0.3) is 0 Å². The first-order valence-electron chi connectivity index (χ1n) is 7.16. The van der Waals surface area contributed by atoms with E-state index in [0.717, 1.165) is 11.5 Å². The average Bonchev–Trinajstić information content (AvgIpc) is 3.08. The first-order valence-corrected chi connectivity index (χ1v) is 7.94. The number of rotatable bonds is 6. The maximum absolute atomic E-state index is 12.3. The number of carbonyl (C=O) groups excluding carboxylic acids is 1. The summed E-state index contributed by atoms with van der Waals surface area (Å²) in [5.41, 5.74) is 0.629. The molecule has 0 bridgehead atoms. The van der Waals surface area contributed by atoms with E-state index in [1.54, 1.807) is 20.8 Å². The van der Waals surface area contributed by atoms with Crippen LogP contribution in [-0.2, 0) is 14.3 Å². The van der Waals surface area contributed by atoms with Crippen molar-refractivity contribution in [2.75, 3.05) is 20.8 Å². The first-order chi connectivity index (χ1) is 10.8. The number of ether oxygens (including phenoxy) is 4. The summed E-state index contributed by atoms with van der Waals surface area (Å²) in [5.74, 6) is -0.976. The Balaban J connectivity index is 2.04. The quantitative estimate of drug-likeness (QED) is 0.788. The number of nitrogens with one attached hydrogen (secondary N) is 1. The van der Waals surface area contributed by atoms with Crippen LogP contribution in [0.1, 0.15) is 32.4 Å². The molecule has 0 saturated carbocycles. The number of hydrogen-bond acceptors (Lipinski definition) is 8. The van der Waals surface area contributed by atoms with Crippen LogP contribution in [0.3, 0.4) is 0 Å². The molecule has 2 heterocycles. The Bertz CT molecular complexity index is 540. The summed E-state index contributed by atoms with van der Waals surface area (Å²) in [7, 11) is 3.01. The van der Waals surface area contributed by atoms with Crippen LogP contribution in [0.2, 0.25) is 0 Å². The van der Waals surface area contributed by atoms with Crippen molar-refractivity contribution < 1.29 is 28.8 Å². The lowest BCUT2D eigenvalue weighted by Gasteiger charge is -2.22. The lowest BCUT2D eigenvalue weighted by molar-refractivity contribution is -0.158. The normalized spacial score (nSPS) is 22.4. The van der Waals surface area contributed by atoms with Crippen LogP contribution in [0.4, 0.5) is 0 Å². The smallest absolute Gasteiger partial charge is 0.252 e. The van der Waals surface area contributed by atoms with Crippen LogP contribution < -0.4 is 14.8 Å². The molecule has 23 heavy (non-hydrogen) atoms. The molecule has 130 valence electrons. The third-order valence-corrected chi connectivity index (χ3v) is 4.29. The standard InChI is InChI=1S/C14H22N2O6S/c1-7(9-12(19-4)16-23-13(9)20-5)15-11(18)10(17)8-6-21-14(2,3)22-8/h7-8,10,17H,6H2,1-5H3,(H,15,18)/t7?,8-,10+/m0/s1. The summed E-state index contributed by atoms with van der Waals surface area (Å²) in [4.78, 5) is 12.3. The molecule has 1 unspecified atom stereocenters. The Morgan fingerprint density at radius 3 is 2.70 bits per heavy atom. The summed E-state index contributed by atoms with van der Waals surface area (Å²) >= 11 is 1.13. The molecule has 2 N–H and O–H groups in total. The van der Waals surface area contributed by atoms with Crippen LogP contribution in [0.15, 0.2) is 0 Å². The fourth-order valence-corrected chi connectivity index (χ4v) is 3.11. The number of carbonyl (C=O) groups is 1. The van der Waals surface area contributed by atoms with Gasteiger partial charge in [-0.3, -0.25) is 4.79 Å². The molecule has 0 aromatic carbocycles. The summed E-state index contributed by atoms with van der Waals surface area (Å²) in [6, 6.07) is -0.448. The fraction of sp³-hybridized carbons (Fsp3) is 0.714. The molecule has 0 aliphatic carbocycles. The van der Waals surface area contributed by atoms with Crippen molar-refractivity contribution >= 4 is 17.4 Å². The summed E-state index contributed by atoms with van der Waals surface area (Å²) in [6.07, 6.45) is -2.04. The maximum Gasteiger partial charge on any atom is 0.252 e. The van der Waals surface area contributed by atoms with E-state index in [2.05, 4.69) is 9.69 Å². The van der Waals surface area contributed by atoms with E-state index in [0.29, 0.717) is 16.5 Å². The predicted octanol–water partition coefficient (Wildman–Crippen LogP) is 0.850. The SMILES string of the molecule is COc1nsc(OC)c1C(C)NC(=O)[C@H](O)[C@@H]1COC(C)(C)O1. The molecule has 1 aliphatic heterocycles. The van der Waals surface area contributed by atoms with Crippen LogP contribution >= 0.6 is 11.5 Å². The molecular formula is C14H22N2O6S. The molecule has 0 spiro atoms. The van der Waals surface area contributed by atoms with Gasteiger partial charge in [0, 0.05) is 11.5 Å². The van der Waals surface area contributed by atoms with Crippen molar-refractivity contribution in [3.63, 3.8) is 0 Å². The number of methoxy groups -OCH3 is 2. The highest BCUT2D eigenvalue weighted by Gasteiger charge is 2.40. The number of nitrogens with zero attached hydrogens (tertiary/aromatic N) is 1. The second-order valence-electron chi connectivity index (χ2n) is 5.64. The average molecular weight is 346 g/mol. The Kier molecular flexibility index (Phi) is 5.45. The van der Waals surface area contributed by atoms with Crippen LogP contribution in [-0.4, -0.2) is 54.2 Å².